The number of hydrogen-bond acceptors (Lipinski definition) is 6. The van der Waals surface area contributed by atoms with Crippen LogP contribution >= 0.6 is 0 Å². The standard InChI is InChI=1S/C32H29F7O3.C32H31F7O.CO2/c1-5-29(6-2,25-10-9-22(20(3)15-25)13-14-30(41,31(34,35)36)32(37,38)39)26-11-12-27(21(4)16-26)23-7-8-24(18-42-19-40)28(33)17-23;1-6-22-9-10-24(19-28(22)33)27-14-13-26(18-21(27)5)29(7-2,8-3)25-12-11-23(20(4)17-25)15-16-30(40,31(34,35)36)32(37,38)39;2-1-3/h7-12,15-17,19,41H,5-6,18H2,1-4H3;9-14,17-19,40H,6-8H2,1-5H3;. The summed E-state index contributed by atoms with van der Waals surface area (Å²) in [6, 6.07) is 30.9. The molecule has 0 aliphatic heterocycles. The van der Waals surface area contributed by atoms with Crippen LogP contribution < -0.4 is 0 Å². The van der Waals surface area contributed by atoms with Crippen LogP contribution in [0.15, 0.2) is 109 Å². The molecule has 0 unspecified atom stereocenters. The molecule has 6 aromatic carbocycles. The van der Waals surface area contributed by atoms with Crippen LogP contribution in [-0.2, 0) is 43.0 Å². The first-order chi connectivity index (χ1) is 39.5. The number of carbonyl (C=O) groups excluding carboxylic acids is 3. The first kappa shape index (κ1) is 69.7. The van der Waals surface area contributed by atoms with Crippen LogP contribution in [0.5, 0.6) is 0 Å². The number of aliphatic hydroxyl groups is 2. The number of hydrogen-bond donors (Lipinski definition) is 2. The molecule has 20 heteroatoms. The highest BCUT2D eigenvalue weighted by Crippen LogP contribution is 2.46. The fourth-order valence-corrected chi connectivity index (χ4v) is 10.1. The van der Waals surface area contributed by atoms with Gasteiger partial charge in [0.05, 0.1) is 0 Å². The molecule has 454 valence electrons. The molecule has 6 aromatic rings. The van der Waals surface area contributed by atoms with Crippen molar-refractivity contribution in [2.24, 2.45) is 0 Å². The summed E-state index contributed by atoms with van der Waals surface area (Å²) in [6.45, 7) is 16.8. The average molecular weight is 1200 g/mol. The number of benzene rings is 6. The first-order valence-corrected chi connectivity index (χ1v) is 26.3. The van der Waals surface area contributed by atoms with Crippen LogP contribution in [0, 0.1) is 63.0 Å². The second kappa shape index (κ2) is 27.5. The molecule has 0 radical (unpaired) electrons. The van der Waals surface area contributed by atoms with E-state index in [9.17, 15) is 76.5 Å². The predicted molar refractivity (Wildman–Crippen MR) is 291 cm³/mol. The number of aryl methyl sites for hydroxylation is 5. The van der Waals surface area contributed by atoms with Crippen molar-refractivity contribution in [2.75, 3.05) is 0 Å². The molecule has 2 N–H and O–H groups in total. The molecular formula is C65H60F14O6. The largest absolute Gasteiger partial charge is 0.463 e. The smallest absolute Gasteiger partial charge is 0.438 e. The molecule has 6 rings (SSSR count). The highest BCUT2D eigenvalue weighted by atomic mass is 19.4. The summed E-state index contributed by atoms with van der Waals surface area (Å²) in [6.07, 6.45) is -20.7. The maximum absolute atomic E-state index is 14.6. The Kier molecular flexibility index (Phi) is 22.6. The second-order valence-electron chi connectivity index (χ2n) is 20.1. The molecule has 0 aliphatic carbocycles. The van der Waals surface area contributed by atoms with E-state index in [0.717, 1.165) is 61.9 Å². The van der Waals surface area contributed by atoms with E-state index < -0.39 is 52.6 Å². The molecule has 0 saturated carbocycles. The normalized spacial score (nSPS) is 12.2. The van der Waals surface area contributed by atoms with Gasteiger partial charge in [0.2, 0.25) is 0 Å². The van der Waals surface area contributed by atoms with E-state index in [1.807, 2.05) is 103 Å². The quantitative estimate of drug-likeness (QED) is 0.0640. The molecule has 0 aliphatic rings. The zero-order valence-corrected chi connectivity index (χ0v) is 47.5. The van der Waals surface area contributed by atoms with Crippen LogP contribution in [0.25, 0.3) is 22.3 Å². The van der Waals surface area contributed by atoms with Gasteiger partial charge in [0.1, 0.15) is 18.2 Å². The Morgan fingerprint density at radius 3 is 1.01 bits per heavy atom. The zero-order valence-electron chi connectivity index (χ0n) is 47.5. The van der Waals surface area contributed by atoms with Crippen molar-refractivity contribution in [2.45, 2.75) is 148 Å². The summed E-state index contributed by atoms with van der Waals surface area (Å²) in [5, 5.41) is 18.7. The summed E-state index contributed by atoms with van der Waals surface area (Å²) in [5.74, 6) is 5.02. The molecule has 0 saturated heterocycles. The van der Waals surface area contributed by atoms with Crippen LogP contribution in [0.2, 0.25) is 0 Å². The van der Waals surface area contributed by atoms with E-state index in [0.29, 0.717) is 54.4 Å². The van der Waals surface area contributed by atoms with Crippen LogP contribution in [0.4, 0.5) is 61.5 Å². The molecule has 0 aromatic heterocycles. The van der Waals surface area contributed by atoms with Crippen LogP contribution in [0.1, 0.15) is 127 Å². The maximum atomic E-state index is 14.6. The third kappa shape index (κ3) is 14.8. The molecular weight excluding hydrogens is 1140 g/mol. The van der Waals surface area contributed by atoms with Crippen molar-refractivity contribution in [3.05, 3.63) is 188 Å². The fourth-order valence-electron chi connectivity index (χ4n) is 10.1. The summed E-state index contributed by atoms with van der Waals surface area (Å²) in [5.41, 5.74) is -1.54. The van der Waals surface area contributed by atoms with Crippen molar-refractivity contribution < 1.29 is 90.8 Å². The Bertz CT molecular complexity index is 3470. The van der Waals surface area contributed by atoms with Gasteiger partial charge in [0.25, 0.3) is 6.47 Å². The maximum Gasteiger partial charge on any atom is 0.438 e. The monoisotopic (exact) mass is 1200 g/mol. The number of alkyl halides is 12. The number of ether oxygens (including phenoxy) is 1. The average Bonchev–Trinajstić information content (AvgIpc) is 1.41. The van der Waals surface area contributed by atoms with Gasteiger partial charge in [-0.3, -0.25) is 4.79 Å². The Balaban J connectivity index is 0.000000349. The van der Waals surface area contributed by atoms with Gasteiger partial charge in [-0.1, -0.05) is 131 Å². The lowest BCUT2D eigenvalue weighted by molar-refractivity contribution is -0.344. The Labute approximate surface area is 483 Å². The van der Waals surface area contributed by atoms with Gasteiger partial charge in [-0.15, -0.1) is 0 Å². The topological polar surface area (TPSA) is 101 Å². The lowest BCUT2D eigenvalue weighted by Crippen LogP contribution is -2.55. The van der Waals surface area contributed by atoms with Crippen LogP contribution in [-0.4, -0.2) is 58.7 Å². The minimum atomic E-state index is -6.03. The third-order valence-corrected chi connectivity index (χ3v) is 15.3. The van der Waals surface area contributed by atoms with E-state index >= 15 is 0 Å². The molecule has 6 nitrogen and oxygen atoms in total. The summed E-state index contributed by atoms with van der Waals surface area (Å²) in [4.78, 5) is 26.7. The van der Waals surface area contributed by atoms with Crippen molar-refractivity contribution in [3.8, 4) is 45.9 Å². The second-order valence-corrected chi connectivity index (χ2v) is 20.1. The van der Waals surface area contributed by atoms with E-state index in [-0.39, 0.29) is 41.7 Å². The molecule has 0 spiro atoms. The van der Waals surface area contributed by atoms with E-state index in [2.05, 4.69) is 4.74 Å². The van der Waals surface area contributed by atoms with Gasteiger partial charge >= 0.3 is 42.1 Å². The van der Waals surface area contributed by atoms with E-state index in [1.54, 1.807) is 49.4 Å². The minimum absolute atomic E-state index is 0.0548. The van der Waals surface area contributed by atoms with Gasteiger partial charge in [-0.25, -0.2) is 8.78 Å². The Morgan fingerprint density at radius 1 is 0.447 bits per heavy atom. The molecule has 0 atom stereocenters. The number of carbonyl (C=O) groups is 1. The van der Waals surface area contributed by atoms with Crippen molar-refractivity contribution >= 4 is 12.6 Å². The molecule has 0 bridgehead atoms. The highest BCUT2D eigenvalue weighted by Gasteiger charge is 2.71. The zero-order chi connectivity index (χ0) is 64.3. The summed E-state index contributed by atoms with van der Waals surface area (Å²) >= 11 is 0. The molecule has 0 amide bonds. The van der Waals surface area contributed by atoms with E-state index in [4.69, 9.17) is 9.59 Å². The highest BCUT2D eigenvalue weighted by molar-refractivity contribution is 5.70. The van der Waals surface area contributed by atoms with Gasteiger partial charge in [0.15, 0.2) is 0 Å². The lowest BCUT2D eigenvalue weighted by atomic mass is 9.69. The Morgan fingerprint density at radius 2 is 0.753 bits per heavy atom. The Hall–Kier alpha value is -7.77. The van der Waals surface area contributed by atoms with Gasteiger partial charge in [0, 0.05) is 27.5 Å². The summed E-state index contributed by atoms with van der Waals surface area (Å²) < 4.78 is 190. The SMILES string of the molecule is CCC(CC)(c1ccc(C#CC(O)(C(F)(F)F)C(F)(F)F)c(C)c1)c1ccc(-c2ccc(COC=O)c(F)c2)c(C)c1.CCc1ccc(-c2ccc(C(CC)(CC)c3ccc(C#CC(O)(C(F)(F)F)C(F)(F)F)c(C)c3)cc2C)cc1F.O=C=O. The van der Waals surface area contributed by atoms with Gasteiger partial charge in [-0.05, 0) is 168 Å². The van der Waals surface area contributed by atoms with Crippen LogP contribution in [0.3, 0.4) is 0 Å². The summed E-state index contributed by atoms with van der Waals surface area (Å²) in [7, 11) is 0. The fraction of sp³-hybridized carbons (Fsp3) is 0.354. The third-order valence-electron chi connectivity index (χ3n) is 15.3. The van der Waals surface area contributed by atoms with Crippen molar-refractivity contribution in [3.63, 3.8) is 0 Å². The van der Waals surface area contributed by atoms with Gasteiger partial charge in [-0.2, -0.15) is 62.3 Å². The number of halogens is 14. The van der Waals surface area contributed by atoms with Gasteiger partial charge < -0.3 is 14.9 Å². The first-order valence-electron chi connectivity index (χ1n) is 26.3. The predicted octanol–water partition coefficient (Wildman–Crippen LogP) is 16.5. The van der Waals surface area contributed by atoms with Crippen molar-refractivity contribution in [1.82, 2.24) is 0 Å². The van der Waals surface area contributed by atoms with Crippen molar-refractivity contribution in [1.29, 1.82) is 0 Å². The molecule has 85 heavy (non-hydrogen) atoms. The lowest BCUT2D eigenvalue weighted by Gasteiger charge is -2.34. The number of rotatable bonds is 14. The molecule has 0 heterocycles. The molecule has 0 fully saturated rings. The van der Waals surface area contributed by atoms with E-state index in [1.165, 1.54) is 31.2 Å². The minimum Gasteiger partial charge on any atom is -0.463 e.